The molecule has 7 heteroatoms. The molecule has 2 aliphatic heterocycles. The Morgan fingerprint density at radius 2 is 1.79 bits per heavy atom. The predicted octanol–water partition coefficient (Wildman–Crippen LogP) is 2.73. The minimum Gasteiger partial charge on any atom is -0.493 e. The van der Waals surface area contributed by atoms with Crippen LogP contribution in [-0.2, 0) is 14.8 Å². The number of benzene rings is 2. The molecule has 1 N–H and O–H groups in total. The fraction of sp³-hybridized carbons (Fsp3) is 0.381. The first kappa shape index (κ1) is 19.0. The molecule has 0 spiro atoms. The van der Waals surface area contributed by atoms with E-state index in [1.54, 1.807) is 30.3 Å². The highest BCUT2D eigenvalue weighted by molar-refractivity contribution is 7.89. The van der Waals surface area contributed by atoms with Crippen molar-refractivity contribution in [3.63, 3.8) is 0 Å². The lowest BCUT2D eigenvalue weighted by molar-refractivity contribution is -0.127. The fourth-order valence-corrected chi connectivity index (χ4v) is 5.44. The van der Waals surface area contributed by atoms with Gasteiger partial charge in [-0.05, 0) is 31.0 Å². The highest BCUT2D eigenvalue weighted by Crippen LogP contribution is 2.32. The standard InChI is InChI=1S/C21H24N2O4S/c24-21(22-19-12-14-27-20-11-5-4-10-18(19)20)16-7-6-13-23(15-16)28(25,26)17-8-2-1-3-9-17/h1-5,8-11,16,19H,6-7,12-15H2,(H,22,24)/t16-,19+/m1/s1. The molecule has 2 aromatic rings. The van der Waals surface area contributed by atoms with Crippen LogP contribution in [0.5, 0.6) is 5.75 Å². The smallest absolute Gasteiger partial charge is 0.243 e. The van der Waals surface area contributed by atoms with Gasteiger partial charge < -0.3 is 10.1 Å². The van der Waals surface area contributed by atoms with Gasteiger partial charge in [0.1, 0.15) is 5.75 Å². The van der Waals surface area contributed by atoms with Gasteiger partial charge in [-0.2, -0.15) is 4.31 Å². The van der Waals surface area contributed by atoms with E-state index in [9.17, 15) is 13.2 Å². The van der Waals surface area contributed by atoms with Crippen LogP contribution in [-0.4, -0.2) is 38.3 Å². The molecule has 0 aromatic heterocycles. The van der Waals surface area contributed by atoms with Crippen LogP contribution in [0.15, 0.2) is 59.5 Å². The largest absolute Gasteiger partial charge is 0.493 e. The van der Waals surface area contributed by atoms with Crippen LogP contribution in [0, 0.1) is 5.92 Å². The van der Waals surface area contributed by atoms with E-state index in [0.29, 0.717) is 32.4 Å². The molecule has 2 heterocycles. The Morgan fingerprint density at radius 3 is 2.61 bits per heavy atom. The number of ether oxygens (including phenoxy) is 1. The van der Waals surface area contributed by atoms with E-state index in [1.165, 1.54) is 4.31 Å². The maximum atomic E-state index is 12.9. The lowest BCUT2D eigenvalue weighted by atomic mass is 9.96. The number of hydrogen-bond acceptors (Lipinski definition) is 4. The molecule has 2 aliphatic rings. The molecule has 6 nitrogen and oxygen atoms in total. The van der Waals surface area contributed by atoms with Gasteiger partial charge in [0.05, 0.1) is 23.5 Å². The van der Waals surface area contributed by atoms with Gasteiger partial charge in [-0.25, -0.2) is 8.42 Å². The molecule has 148 valence electrons. The molecule has 2 aromatic carbocycles. The van der Waals surface area contributed by atoms with Crippen LogP contribution in [0.2, 0.25) is 0 Å². The third kappa shape index (κ3) is 3.77. The monoisotopic (exact) mass is 400 g/mol. The topological polar surface area (TPSA) is 75.7 Å². The zero-order valence-corrected chi connectivity index (χ0v) is 16.4. The van der Waals surface area contributed by atoms with Crippen molar-refractivity contribution in [2.75, 3.05) is 19.7 Å². The van der Waals surface area contributed by atoms with Crippen molar-refractivity contribution in [2.45, 2.75) is 30.2 Å². The number of nitrogens with one attached hydrogen (secondary N) is 1. The van der Waals surface area contributed by atoms with Gasteiger partial charge in [0.25, 0.3) is 0 Å². The molecular weight excluding hydrogens is 376 g/mol. The molecule has 0 unspecified atom stereocenters. The maximum Gasteiger partial charge on any atom is 0.243 e. The number of hydrogen-bond donors (Lipinski definition) is 1. The van der Waals surface area contributed by atoms with Gasteiger partial charge in [-0.15, -0.1) is 0 Å². The van der Waals surface area contributed by atoms with Crippen LogP contribution in [0.1, 0.15) is 30.9 Å². The first-order valence-electron chi connectivity index (χ1n) is 9.63. The molecule has 1 fully saturated rings. The molecule has 28 heavy (non-hydrogen) atoms. The summed E-state index contributed by atoms with van der Waals surface area (Å²) in [7, 11) is -3.58. The van der Waals surface area contributed by atoms with Crippen LogP contribution in [0.3, 0.4) is 0 Å². The Morgan fingerprint density at radius 1 is 1.04 bits per heavy atom. The van der Waals surface area contributed by atoms with E-state index in [2.05, 4.69) is 5.32 Å². The van der Waals surface area contributed by atoms with Gasteiger partial charge in [0.15, 0.2) is 0 Å². The van der Waals surface area contributed by atoms with E-state index in [1.807, 2.05) is 24.3 Å². The van der Waals surface area contributed by atoms with Gasteiger partial charge in [-0.1, -0.05) is 36.4 Å². The van der Waals surface area contributed by atoms with Gasteiger partial charge >= 0.3 is 0 Å². The Hall–Kier alpha value is -2.38. The van der Waals surface area contributed by atoms with Crippen molar-refractivity contribution in [2.24, 2.45) is 5.92 Å². The fourth-order valence-electron chi connectivity index (χ4n) is 3.90. The van der Waals surface area contributed by atoms with Crippen LogP contribution in [0.4, 0.5) is 0 Å². The van der Waals surface area contributed by atoms with E-state index < -0.39 is 10.0 Å². The number of rotatable bonds is 4. The minimum atomic E-state index is -3.58. The highest BCUT2D eigenvalue weighted by Gasteiger charge is 2.34. The van der Waals surface area contributed by atoms with E-state index >= 15 is 0 Å². The summed E-state index contributed by atoms with van der Waals surface area (Å²) < 4.78 is 32.9. The number of carbonyl (C=O) groups excluding carboxylic acids is 1. The van der Waals surface area contributed by atoms with Crippen LogP contribution in [0.25, 0.3) is 0 Å². The lowest BCUT2D eigenvalue weighted by Crippen LogP contribution is -2.46. The molecule has 1 amide bonds. The quantitative estimate of drug-likeness (QED) is 0.856. The Balaban J connectivity index is 1.46. The molecule has 4 rings (SSSR count). The second-order valence-electron chi connectivity index (χ2n) is 7.25. The average Bonchev–Trinajstić information content (AvgIpc) is 2.75. The van der Waals surface area contributed by atoms with Gasteiger partial charge in [0.2, 0.25) is 15.9 Å². The lowest BCUT2D eigenvalue weighted by Gasteiger charge is -2.33. The van der Waals surface area contributed by atoms with Crippen LogP contribution >= 0.6 is 0 Å². The second kappa shape index (κ2) is 7.93. The molecule has 1 saturated heterocycles. The van der Waals surface area contributed by atoms with E-state index in [4.69, 9.17) is 4.74 Å². The van der Waals surface area contributed by atoms with Gasteiger partial charge in [0, 0.05) is 25.1 Å². The number of sulfonamides is 1. The maximum absolute atomic E-state index is 12.9. The van der Waals surface area contributed by atoms with Gasteiger partial charge in [-0.3, -0.25) is 4.79 Å². The third-order valence-corrected chi connectivity index (χ3v) is 7.29. The number of carbonyl (C=O) groups is 1. The summed E-state index contributed by atoms with van der Waals surface area (Å²) >= 11 is 0. The van der Waals surface area contributed by atoms with Crippen LogP contribution < -0.4 is 10.1 Å². The summed E-state index contributed by atoms with van der Waals surface area (Å²) in [6.07, 6.45) is 2.08. The number of piperidine rings is 1. The highest BCUT2D eigenvalue weighted by atomic mass is 32.2. The Bertz CT molecular complexity index is 946. The van der Waals surface area contributed by atoms with Crippen molar-refractivity contribution < 1.29 is 17.9 Å². The first-order chi connectivity index (χ1) is 13.6. The van der Waals surface area contributed by atoms with Crippen molar-refractivity contribution >= 4 is 15.9 Å². The summed E-state index contributed by atoms with van der Waals surface area (Å²) in [4.78, 5) is 13.2. The van der Waals surface area contributed by atoms with Crippen molar-refractivity contribution in [3.05, 3.63) is 60.2 Å². The predicted molar refractivity (Wildman–Crippen MR) is 105 cm³/mol. The second-order valence-corrected chi connectivity index (χ2v) is 9.19. The Kier molecular flexibility index (Phi) is 5.37. The molecule has 0 bridgehead atoms. The number of para-hydroxylation sites is 1. The minimum absolute atomic E-state index is 0.0883. The summed E-state index contributed by atoms with van der Waals surface area (Å²) in [5.41, 5.74) is 0.978. The summed E-state index contributed by atoms with van der Waals surface area (Å²) in [5, 5.41) is 3.12. The molecule has 0 saturated carbocycles. The summed E-state index contributed by atoms with van der Waals surface area (Å²) in [6.45, 7) is 1.22. The molecule has 2 atom stereocenters. The third-order valence-electron chi connectivity index (χ3n) is 5.41. The average molecular weight is 401 g/mol. The number of nitrogens with zero attached hydrogens (tertiary/aromatic N) is 1. The van der Waals surface area contributed by atoms with E-state index in [0.717, 1.165) is 11.3 Å². The molecular formula is C21H24N2O4S. The zero-order chi connectivity index (χ0) is 19.6. The first-order valence-corrected chi connectivity index (χ1v) is 11.1. The summed E-state index contributed by atoms with van der Waals surface area (Å²) in [6, 6.07) is 16.0. The summed E-state index contributed by atoms with van der Waals surface area (Å²) in [5.74, 6) is 0.368. The molecule has 0 radical (unpaired) electrons. The van der Waals surface area contributed by atoms with Crippen molar-refractivity contribution in [1.82, 2.24) is 9.62 Å². The number of fused-ring (bicyclic) bond motifs is 1. The Labute approximate surface area is 165 Å². The van der Waals surface area contributed by atoms with Crippen molar-refractivity contribution in [3.8, 4) is 5.75 Å². The van der Waals surface area contributed by atoms with Crippen molar-refractivity contribution in [1.29, 1.82) is 0 Å². The number of amides is 1. The molecule has 0 aliphatic carbocycles. The SMILES string of the molecule is O=C(N[C@H]1CCOc2ccccc21)[C@@H]1CCCN(S(=O)(=O)c2ccccc2)C1. The zero-order valence-electron chi connectivity index (χ0n) is 15.6. The van der Waals surface area contributed by atoms with E-state index in [-0.39, 0.29) is 29.3 Å². The normalized spacial score (nSPS) is 22.7.